The normalized spacial score (nSPS) is 27.0. The fraction of sp³-hybridized carbons (Fsp3) is 0.875. The molecule has 14 heavy (non-hydrogen) atoms. The third-order valence-electron chi connectivity index (χ3n) is 2.51. The molecule has 1 aromatic heterocycles. The molecule has 1 saturated heterocycles. The molecule has 1 aliphatic rings. The first-order valence-electron chi connectivity index (χ1n) is 4.68. The number of ether oxygens (including phenoxy) is 1. The summed E-state index contributed by atoms with van der Waals surface area (Å²) in [6.45, 7) is 3.59. The molecule has 1 aliphatic heterocycles. The van der Waals surface area contributed by atoms with Crippen LogP contribution < -0.4 is 0 Å². The molecule has 1 unspecified atom stereocenters. The summed E-state index contributed by atoms with van der Waals surface area (Å²) in [5, 5.41) is 11.3. The predicted molar refractivity (Wildman–Crippen MR) is 51.0 cm³/mol. The molecule has 0 saturated carbocycles. The van der Waals surface area contributed by atoms with Gasteiger partial charge in [0.2, 0.25) is 0 Å². The van der Waals surface area contributed by atoms with Crippen molar-refractivity contribution in [3.63, 3.8) is 0 Å². The van der Waals surface area contributed by atoms with Crippen molar-refractivity contribution in [3.05, 3.63) is 5.82 Å². The van der Waals surface area contributed by atoms with Crippen LogP contribution in [0, 0.1) is 0 Å². The van der Waals surface area contributed by atoms with Gasteiger partial charge in [-0.15, -0.1) is 16.7 Å². The minimum Gasteiger partial charge on any atom is -0.373 e. The van der Waals surface area contributed by atoms with Crippen molar-refractivity contribution in [2.45, 2.75) is 37.8 Å². The number of hydrogen-bond acceptors (Lipinski definition) is 4. The Bertz CT molecular complexity index is 308. The molecule has 1 aromatic rings. The molecule has 0 aliphatic carbocycles. The van der Waals surface area contributed by atoms with Gasteiger partial charge in [0.1, 0.15) is 0 Å². The third-order valence-corrected chi connectivity index (χ3v) is 2.75. The minimum atomic E-state index is -0.129. The van der Waals surface area contributed by atoms with Crippen LogP contribution >= 0.6 is 11.6 Å². The lowest BCUT2D eigenvalue weighted by Crippen LogP contribution is -2.30. The molecule has 2 heterocycles. The Morgan fingerprint density at radius 3 is 3.14 bits per heavy atom. The lowest BCUT2D eigenvalue weighted by molar-refractivity contribution is 0.00264. The Morgan fingerprint density at radius 2 is 2.50 bits per heavy atom. The average Bonchev–Trinajstić information content (AvgIpc) is 2.75. The van der Waals surface area contributed by atoms with Crippen LogP contribution in [0.5, 0.6) is 0 Å². The van der Waals surface area contributed by atoms with Crippen molar-refractivity contribution in [1.82, 2.24) is 20.2 Å². The molecule has 0 bridgehead atoms. The monoisotopic (exact) mass is 216 g/mol. The highest BCUT2D eigenvalue weighted by molar-refractivity contribution is 6.16. The average molecular weight is 217 g/mol. The number of rotatable bonds is 3. The summed E-state index contributed by atoms with van der Waals surface area (Å²) in [4.78, 5) is 0. The quantitative estimate of drug-likeness (QED) is 0.707. The van der Waals surface area contributed by atoms with E-state index in [4.69, 9.17) is 16.3 Å². The SMILES string of the molecule is CC1(Cn2nnnc2CCl)CCCO1. The van der Waals surface area contributed by atoms with Gasteiger partial charge in [-0.1, -0.05) is 0 Å². The maximum Gasteiger partial charge on any atom is 0.166 e. The Hall–Kier alpha value is -0.680. The van der Waals surface area contributed by atoms with Gasteiger partial charge in [0.25, 0.3) is 0 Å². The van der Waals surface area contributed by atoms with E-state index in [9.17, 15) is 0 Å². The maximum atomic E-state index is 5.70. The highest BCUT2D eigenvalue weighted by atomic mass is 35.5. The van der Waals surface area contributed by atoms with Crippen molar-refractivity contribution in [1.29, 1.82) is 0 Å². The molecular weight excluding hydrogens is 204 g/mol. The second-order valence-electron chi connectivity index (χ2n) is 3.79. The van der Waals surface area contributed by atoms with Gasteiger partial charge in [-0.3, -0.25) is 0 Å². The molecule has 2 rings (SSSR count). The largest absolute Gasteiger partial charge is 0.373 e. The lowest BCUT2D eigenvalue weighted by Gasteiger charge is -2.22. The zero-order chi connectivity index (χ0) is 10.0. The van der Waals surface area contributed by atoms with Gasteiger partial charge < -0.3 is 4.74 Å². The molecule has 78 valence electrons. The van der Waals surface area contributed by atoms with Gasteiger partial charge in [0, 0.05) is 6.61 Å². The summed E-state index contributed by atoms with van der Waals surface area (Å²) in [6.07, 6.45) is 2.16. The molecule has 0 spiro atoms. The van der Waals surface area contributed by atoms with E-state index in [1.807, 2.05) is 0 Å². The van der Waals surface area contributed by atoms with Gasteiger partial charge in [0.15, 0.2) is 5.82 Å². The summed E-state index contributed by atoms with van der Waals surface area (Å²) in [6, 6.07) is 0. The van der Waals surface area contributed by atoms with Crippen molar-refractivity contribution in [2.24, 2.45) is 0 Å². The summed E-state index contributed by atoms with van der Waals surface area (Å²) >= 11 is 5.70. The summed E-state index contributed by atoms with van der Waals surface area (Å²) in [7, 11) is 0. The zero-order valence-electron chi connectivity index (χ0n) is 8.11. The Balaban J connectivity index is 2.09. The van der Waals surface area contributed by atoms with E-state index in [1.54, 1.807) is 4.68 Å². The van der Waals surface area contributed by atoms with Crippen LogP contribution in [0.4, 0.5) is 0 Å². The van der Waals surface area contributed by atoms with E-state index < -0.39 is 0 Å². The number of aromatic nitrogens is 4. The Labute approximate surface area is 87.4 Å². The number of tetrazole rings is 1. The van der Waals surface area contributed by atoms with Crippen molar-refractivity contribution < 1.29 is 4.74 Å². The number of alkyl halides is 1. The summed E-state index contributed by atoms with van der Waals surface area (Å²) < 4.78 is 7.37. The van der Waals surface area contributed by atoms with E-state index in [2.05, 4.69) is 22.4 Å². The van der Waals surface area contributed by atoms with Gasteiger partial charge in [0.05, 0.1) is 18.0 Å². The second kappa shape index (κ2) is 3.82. The molecule has 1 fully saturated rings. The number of nitrogens with zero attached hydrogens (tertiary/aromatic N) is 4. The van der Waals surface area contributed by atoms with Crippen LogP contribution in [0.2, 0.25) is 0 Å². The second-order valence-corrected chi connectivity index (χ2v) is 4.06. The summed E-state index contributed by atoms with van der Waals surface area (Å²) in [5.41, 5.74) is -0.129. The van der Waals surface area contributed by atoms with Gasteiger partial charge in [-0.05, 0) is 30.2 Å². The van der Waals surface area contributed by atoms with E-state index in [0.29, 0.717) is 18.2 Å². The van der Waals surface area contributed by atoms with E-state index in [-0.39, 0.29) is 5.60 Å². The van der Waals surface area contributed by atoms with Crippen LogP contribution in [0.3, 0.4) is 0 Å². The molecule has 6 heteroatoms. The molecule has 5 nitrogen and oxygen atoms in total. The van der Waals surface area contributed by atoms with Crippen LogP contribution in [-0.2, 0) is 17.2 Å². The van der Waals surface area contributed by atoms with Gasteiger partial charge in [-0.25, -0.2) is 4.68 Å². The van der Waals surface area contributed by atoms with Crippen molar-refractivity contribution in [2.75, 3.05) is 6.61 Å². The molecule has 0 amide bonds. The van der Waals surface area contributed by atoms with Crippen molar-refractivity contribution >= 4 is 11.6 Å². The van der Waals surface area contributed by atoms with Crippen LogP contribution in [0.1, 0.15) is 25.6 Å². The fourth-order valence-electron chi connectivity index (χ4n) is 1.72. The highest BCUT2D eigenvalue weighted by Crippen LogP contribution is 2.26. The molecule has 0 radical (unpaired) electrons. The molecule has 1 atom stereocenters. The van der Waals surface area contributed by atoms with Crippen molar-refractivity contribution in [3.8, 4) is 0 Å². The summed E-state index contributed by atoms with van der Waals surface area (Å²) in [5.74, 6) is 1.03. The first kappa shape index (κ1) is 9.86. The lowest BCUT2D eigenvalue weighted by atomic mass is 10.0. The fourth-order valence-corrected chi connectivity index (χ4v) is 1.91. The zero-order valence-corrected chi connectivity index (χ0v) is 8.87. The molecule has 0 N–H and O–H groups in total. The molecular formula is C8H13ClN4O. The first-order valence-corrected chi connectivity index (χ1v) is 5.22. The topological polar surface area (TPSA) is 52.8 Å². The minimum absolute atomic E-state index is 0.129. The predicted octanol–water partition coefficient (Wildman–Crippen LogP) is 0.981. The maximum absolute atomic E-state index is 5.70. The number of halogens is 1. The Kier molecular flexibility index (Phi) is 2.69. The smallest absolute Gasteiger partial charge is 0.166 e. The van der Waals surface area contributed by atoms with E-state index >= 15 is 0 Å². The number of hydrogen-bond donors (Lipinski definition) is 0. The van der Waals surface area contributed by atoms with Crippen LogP contribution in [0.25, 0.3) is 0 Å². The third kappa shape index (κ3) is 1.88. The standard InChI is InChI=1S/C8H13ClN4O/c1-8(3-2-4-14-8)6-13-7(5-9)10-11-12-13/h2-6H2,1H3. The van der Waals surface area contributed by atoms with Gasteiger partial charge >= 0.3 is 0 Å². The van der Waals surface area contributed by atoms with E-state index in [0.717, 1.165) is 19.4 Å². The Morgan fingerprint density at radius 1 is 1.64 bits per heavy atom. The first-order chi connectivity index (χ1) is 6.73. The van der Waals surface area contributed by atoms with Crippen LogP contribution in [0.15, 0.2) is 0 Å². The highest BCUT2D eigenvalue weighted by Gasteiger charge is 2.31. The van der Waals surface area contributed by atoms with E-state index in [1.165, 1.54) is 0 Å². The van der Waals surface area contributed by atoms with Crippen LogP contribution in [-0.4, -0.2) is 32.4 Å². The molecule has 0 aromatic carbocycles. The van der Waals surface area contributed by atoms with Gasteiger partial charge in [-0.2, -0.15) is 0 Å².